The lowest BCUT2D eigenvalue weighted by atomic mass is 10.2. The number of aromatic nitrogens is 3. The second-order valence-corrected chi connectivity index (χ2v) is 4.35. The number of rotatable bonds is 4. The van der Waals surface area contributed by atoms with Gasteiger partial charge in [-0.1, -0.05) is 13.8 Å². The van der Waals surface area contributed by atoms with E-state index in [0.717, 1.165) is 24.2 Å². The lowest BCUT2D eigenvalue weighted by Gasteiger charge is -2.09. The molecule has 2 aromatic rings. The highest BCUT2D eigenvalue weighted by Gasteiger charge is 2.15. The summed E-state index contributed by atoms with van der Waals surface area (Å²) in [5.41, 5.74) is 8.61. The number of esters is 1. The molecule has 106 valence electrons. The zero-order chi connectivity index (χ0) is 14.7. The molecule has 0 atom stereocenters. The average molecular weight is 274 g/mol. The van der Waals surface area contributed by atoms with Crippen molar-refractivity contribution < 1.29 is 9.53 Å². The van der Waals surface area contributed by atoms with Crippen molar-refractivity contribution in [3.63, 3.8) is 0 Å². The number of nitrogens with two attached hydrogens (primary N) is 1. The number of carbonyl (C=O) groups excluding carboxylic acids is 1. The molecule has 0 saturated carbocycles. The molecule has 0 aliphatic carbocycles. The van der Waals surface area contributed by atoms with Crippen LogP contribution < -0.4 is 5.73 Å². The van der Waals surface area contributed by atoms with Crippen LogP contribution in [0.15, 0.2) is 18.2 Å². The van der Waals surface area contributed by atoms with E-state index in [4.69, 9.17) is 5.73 Å². The fourth-order valence-corrected chi connectivity index (χ4v) is 1.93. The van der Waals surface area contributed by atoms with Crippen LogP contribution in [0.5, 0.6) is 0 Å². The minimum absolute atomic E-state index is 0.215. The maximum absolute atomic E-state index is 11.6. The van der Waals surface area contributed by atoms with Crippen LogP contribution in [0.3, 0.4) is 0 Å². The summed E-state index contributed by atoms with van der Waals surface area (Å²) in [4.78, 5) is 15.8. The summed E-state index contributed by atoms with van der Waals surface area (Å²) in [7, 11) is 1.32. The summed E-state index contributed by atoms with van der Waals surface area (Å²) < 4.78 is 6.37. The lowest BCUT2D eigenvalue weighted by Crippen LogP contribution is -2.12. The van der Waals surface area contributed by atoms with Gasteiger partial charge in [-0.3, -0.25) is 0 Å². The molecule has 2 aromatic heterocycles. The number of anilines is 1. The molecule has 2 heterocycles. The standard InChI is InChI=1S/C14H18N4O2/c1-4-9-8-10(5-2)18(17-9)13-11(15)6-7-12(16-13)14(19)20-3/h6-8H,4-5,15H2,1-3H3. The van der Waals surface area contributed by atoms with Gasteiger partial charge >= 0.3 is 5.97 Å². The van der Waals surface area contributed by atoms with Gasteiger partial charge in [0.15, 0.2) is 11.5 Å². The highest BCUT2D eigenvalue weighted by atomic mass is 16.5. The number of hydrogen-bond donors (Lipinski definition) is 1. The minimum Gasteiger partial charge on any atom is -0.464 e. The highest BCUT2D eigenvalue weighted by Crippen LogP contribution is 2.19. The Kier molecular flexibility index (Phi) is 4.02. The maximum Gasteiger partial charge on any atom is 0.356 e. The first-order valence-corrected chi connectivity index (χ1v) is 6.53. The average Bonchev–Trinajstić information content (AvgIpc) is 2.90. The molecule has 2 N–H and O–H groups in total. The summed E-state index contributed by atoms with van der Waals surface area (Å²) in [6.45, 7) is 4.07. The Balaban J connectivity index is 2.56. The number of aryl methyl sites for hydroxylation is 2. The third-order valence-corrected chi connectivity index (χ3v) is 3.06. The zero-order valence-electron chi connectivity index (χ0n) is 11.9. The van der Waals surface area contributed by atoms with Gasteiger partial charge in [-0.05, 0) is 31.0 Å². The van der Waals surface area contributed by atoms with E-state index < -0.39 is 5.97 Å². The molecule has 0 spiro atoms. The molecular weight excluding hydrogens is 256 g/mol. The number of carbonyl (C=O) groups is 1. The van der Waals surface area contributed by atoms with E-state index in [1.54, 1.807) is 16.8 Å². The fraction of sp³-hybridized carbons (Fsp3) is 0.357. The van der Waals surface area contributed by atoms with Gasteiger partial charge in [0.05, 0.1) is 18.5 Å². The van der Waals surface area contributed by atoms with E-state index in [9.17, 15) is 4.79 Å². The molecule has 0 aliphatic heterocycles. The number of hydrogen-bond acceptors (Lipinski definition) is 5. The first-order valence-electron chi connectivity index (χ1n) is 6.53. The van der Waals surface area contributed by atoms with Crippen molar-refractivity contribution in [2.45, 2.75) is 26.7 Å². The summed E-state index contributed by atoms with van der Waals surface area (Å²) in [6, 6.07) is 5.20. The topological polar surface area (TPSA) is 83.0 Å². The molecule has 0 unspecified atom stereocenters. The van der Waals surface area contributed by atoms with Gasteiger partial charge in [0.1, 0.15) is 0 Å². The van der Waals surface area contributed by atoms with Crippen molar-refractivity contribution in [3.8, 4) is 5.82 Å². The van der Waals surface area contributed by atoms with Crippen LogP contribution in [-0.4, -0.2) is 27.8 Å². The van der Waals surface area contributed by atoms with Gasteiger partial charge < -0.3 is 10.5 Å². The van der Waals surface area contributed by atoms with E-state index in [2.05, 4.69) is 14.8 Å². The maximum atomic E-state index is 11.6. The smallest absolute Gasteiger partial charge is 0.356 e. The Morgan fingerprint density at radius 3 is 2.70 bits per heavy atom. The molecule has 6 heteroatoms. The first kappa shape index (κ1) is 14.0. The Morgan fingerprint density at radius 2 is 2.10 bits per heavy atom. The first-order chi connectivity index (χ1) is 9.60. The summed E-state index contributed by atoms with van der Waals surface area (Å²) >= 11 is 0. The van der Waals surface area contributed by atoms with Gasteiger partial charge in [0.2, 0.25) is 0 Å². The van der Waals surface area contributed by atoms with Crippen LogP contribution in [0.25, 0.3) is 5.82 Å². The Morgan fingerprint density at radius 1 is 1.35 bits per heavy atom. The molecule has 0 bridgehead atoms. The molecule has 2 rings (SSSR count). The van der Waals surface area contributed by atoms with E-state index in [0.29, 0.717) is 11.5 Å². The Hall–Kier alpha value is -2.37. The monoisotopic (exact) mass is 274 g/mol. The second-order valence-electron chi connectivity index (χ2n) is 4.35. The van der Waals surface area contributed by atoms with Crippen LogP contribution in [0, 0.1) is 0 Å². The molecule has 20 heavy (non-hydrogen) atoms. The highest BCUT2D eigenvalue weighted by molar-refractivity contribution is 5.88. The van der Waals surface area contributed by atoms with Crippen LogP contribution in [0.2, 0.25) is 0 Å². The Labute approximate surface area is 117 Å². The summed E-state index contributed by atoms with van der Waals surface area (Å²) in [5, 5.41) is 4.48. The molecule has 6 nitrogen and oxygen atoms in total. The van der Waals surface area contributed by atoms with Crippen LogP contribution in [-0.2, 0) is 17.6 Å². The minimum atomic E-state index is -0.493. The van der Waals surface area contributed by atoms with Crippen molar-refractivity contribution in [3.05, 3.63) is 35.3 Å². The number of nitrogens with zero attached hydrogens (tertiary/aromatic N) is 3. The van der Waals surface area contributed by atoms with Gasteiger partial charge in [0, 0.05) is 5.69 Å². The van der Waals surface area contributed by atoms with Gasteiger partial charge in [-0.2, -0.15) is 5.10 Å². The van der Waals surface area contributed by atoms with Crippen LogP contribution >= 0.6 is 0 Å². The number of methoxy groups -OCH3 is 1. The number of ether oxygens (including phenoxy) is 1. The third kappa shape index (κ3) is 2.49. The number of nitrogen functional groups attached to an aromatic ring is 1. The van der Waals surface area contributed by atoms with E-state index >= 15 is 0 Å². The van der Waals surface area contributed by atoms with E-state index in [-0.39, 0.29) is 5.69 Å². The van der Waals surface area contributed by atoms with Gasteiger partial charge in [-0.25, -0.2) is 14.5 Å². The molecule has 0 amide bonds. The lowest BCUT2D eigenvalue weighted by molar-refractivity contribution is 0.0594. The van der Waals surface area contributed by atoms with Crippen molar-refractivity contribution in [2.75, 3.05) is 12.8 Å². The van der Waals surface area contributed by atoms with Crippen molar-refractivity contribution in [2.24, 2.45) is 0 Å². The molecule has 0 aromatic carbocycles. The second kappa shape index (κ2) is 5.73. The van der Waals surface area contributed by atoms with Crippen LogP contribution in [0.4, 0.5) is 5.69 Å². The molecule has 0 radical (unpaired) electrons. The van der Waals surface area contributed by atoms with Crippen LogP contribution in [0.1, 0.15) is 35.7 Å². The zero-order valence-corrected chi connectivity index (χ0v) is 11.9. The molecule has 0 fully saturated rings. The Bertz CT molecular complexity index is 634. The van der Waals surface area contributed by atoms with Gasteiger partial charge in [-0.15, -0.1) is 0 Å². The fourth-order valence-electron chi connectivity index (χ4n) is 1.93. The SMILES string of the molecule is CCc1cc(CC)n(-c2nc(C(=O)OC)ccc2N)n1. The predicted molar refractivity (Wildman–Crippen MR) is 75.9 cm³/mol. The van der Waals surface area contributed by atoms with Gasteiger partial charge in [0.25, 0.3) is 0 Å². The normalized spacial score (nSPS) is 10.6. The summed E-state index contributed by atoms with van der Waals surface area (Å²) in [6.07, 6.45) is 1.63. The third-order valence-electron chi connectivity index (χ3n) is 3.06. The van der Waals surface area contributed by atoms with Crippen molar-refractivity contribution in [1.82, 2.24) is 14.8 Å². The van der Waals surface area contributed by atoms with E-state index in [1.165, 1.54) is 7.11 Å². The van der Waals surface area contributed by atoms with Crippen molar-refractivity contribution in [1.29, 1.82) is 0 Å². The largest absolute Gasteiger partial charge is 0.464 e. The molecule has 0 saturated heterocycles. The quantitative estimate of drug-likeness (QED) is 0.859. The van der Waals surface area contributed by atoms with Crippen molar-refractivity contribution >= 4 is 11.7 Å². The van der Waals surface area contributed by atoms with E-state index in [1.807, 2.05) is 19.9 Å². The summed E-state index contributed by atoms with van der Waals surface area (Å²) in [5.74, 6) is -0.0309. The molecule has 0 aliphatic rings. The predicted octanol–water partition coefficient (Wildman–Crippen LogP) is 1.76. The number of pyridine rings is 1. The molecular formula is C14H18N4O2.